The van der Waals surface area contributed by atoms with Gasteiger partial charge in [-0.2, -0.15) is 0 Å². The number of carbonyl (C=O) groups excluding carboxylic acids is 1. The standard InChI is InChI=1S/C18H11N3O5S2/c19-17-21(18-20-5-6-27-18)15(23)14(28-17)8-10-2-4-13(26-10)9-1-3-12(22)11(7-9)16(24)25/h1-8,19,22H,(H,24,25). The second kappa shape index (κ2) is 6.98. The Morgan fingerprint density at radius 3 is 2.82 bits per heavy atom. The molecule has 0 radical (unpaired) electrons. The molecule has 1 amide bonds. The van der Waals surface area contributed by atoms with Crippen LogP contribution >= 0.6 is 23.1 Å². The zero-order chi connectivity index (χ0) is 19.8. The number of amides is 1. The number of hydrogen-bond donors (Lipinski definition) is 3. The number of amidine groups is 1. The number of aromatic hydroxyl groups is 1. The largest absolute Gasteiger partial charge is 0.507 e. The van der Waals surface area contributed by atoms with E-state index in [1.807, 2.05) is 0 Å². The minimum atomic E-state index is -1.25. The summed E-state index contributed by atoms with van der Waals surface area (Å²) in [5, 5.41) is 29.0. The van der Waals surface area contributed by atoms with Gasteiger partial charge in [0.15, 0.2) is 10.3 Å². The Labute approximate surface area is 166 Å². The number of nitrogens with zero attached hydrogens (tertiary/aromatic N) is 2. The minimum Gasteiger partial charge on any atom is -0.507 e. The van der Waals surface area contributed by atoms with Crippen molar-refractivity contribution in [3.05, 3.63) is 58.1 Å². The number of carbonyl (C=O) groups is 2. The van der Waals surface area contributed by atoms with Crippen molar-refractivity contribution in [3.63, 3.8) is 0 Å². The molecule has 0 bridgehead atoms. The summed E-state index contributed by atoms with van der Waals surface area (Å²) >= 11 is 2.27. The van der Waals surface area contributed by atoms with E-state index < -0.39 is 5.97 Å². The van der Waals surface area contributed by atoms with E-state index in [9.17, 15) is 14.7 Å². The summed E-state index contributed by atoms with van der Waals surface area (Å²) in [7, 11) is 0. The third-order valence-electron chi connectivity index (χ3n) is 3.85. The molecule has 3 aromatic rings. The number of benzene rings is 1. The van der Waals surface area contributed by atoms with E-state index in [2.05, 4.69) is 4.98 Å². The molecule has 2 aromatic heterocycles. The quantitative estimate of drug-likeness (QED) is 0.554. The van der Waals surface area contributed by atoms with Crippen LogP contribution in [0.1, 0.15) is 16.1 Å². The Hall–Kier alpha value is -3.37. The van der Waals surface area contributed by atoms with Gasteiger partial charge in [0.25, 0.3) is 5.91 Å². The number of carboxylic acids is 1. The number of aromatic nitrogens is 1. The molecule has 3 N–H and O–H groups in total. The number of nitrogens with one attached hydrogen (secondary N) is 1. The molecule has 1 aliphatic heterocycles. The number of phenols is 1. The molecule has 140 valence electrons. The van der Waals surface area contributed by atoms with Crippen molar-refractivity contribution in [3.8, 4) is 17.1 Å². The highest BCUT2D eigenvalue weighted by atomic mass is 32.2. The van der Waals surface area contributed by atoms with E-state index in [0.717, 1.165) is 11.8 Å². The van der Waals surface area contributed by atoms with Crippen LogP contribution in [0.5, 0.6) is 5.75 Å². The fourth-order valence-corrected chi connectivity index (χ4v) is 4.09. The van der Waals surface area contributed by atoms with Crippen LogP contribution in [-0.2, 0) is 4.79 Å². The highest BCUT2D eigenvalue weighted by Crippen LogP contribution is 2.36. The predicted octanol–water partition coefficient (Wildman–Crippen LogP) is 3.86. The number of rotatable bonds is 4. The normalized spacial score (nSPS) is 15.6. The molecular weight excluding hydrogens is 402 g/mol. The molecule has 8 nitrogen and oxygen atoms in total. The Kier molecular flexibility index (Phi) is 4.49. The fraction of sp³-hybridized carbons (Fsp3) is 0. The highest BCUT2D eigenvalue weighted by molar-refractivity contribution is 8.19. The van der Waals surface area contributed by atoms with Gasteiger partial charge in [0.05, 0.1) is 4.91 Å². The lowest BCUT2D eigenvalue weighted by Crippen LogP contribution is -2.27. The van der Waals surface area contributed by atoms with E-state index in [4.69, 9.17) is 14.9 Å². The number of thioether (sulfide) groups is 1. The van der Waals surface area contributed by atoms with Gasteiger partial charge in [-0.3, -0.25) is 10.2 Å². The molecule has 0 aliphatic carbocycles. The Morgan fingerprint density at radius 1 is 1.29 bits per heavy atom. The van der Waals surface area contributed by atoms with E-state index in [1.165, 1.54) is 40.5 Å². The summed E-state index contributed by atoms with van der Waals surface area (Å²) in [5.74, 6) is -1.18. The lowest BCUT2D eigenvalue weighted by atomic mass is 10.1. The van der Waals surface area contributed by atoms with Gasteiger partial charge in [0.2, 0.25) is 0 Å². The van der Waals surface area contributed by atoms with E-state index in [-0.39, 0.29) is 22.4 Å². The first-order chi connectivity index (χ1) is 13.4. The van der Waals surface area contributed by atoms with Crippen molar-refractivity contribution < 1.29 is 24.2 Å². The molecule has 0 spiro atoms. The third kappa shape index (κ3) is 3.19. The van der Waals surface area contributed by atoms with E-state index in [0.29, 0.717) is 27.1 Å². The van der Waals surface area contributed by atoms with Crippen molar-refractivity contribution in [2.24, 2.45) is 0 Å². The van der Waals surface area contributed by atoms with Gasteiger partial charge in [0.1, 0.15) is 22.8 Å². The third-order valence-corrected chi connectivity index (χ3v) is 5.49. The summed E-state index contributed by atoms with van der Waals surface area (Å²) in [6.45, 7) is 0. The number of carboxylic acid groups (broad SMARTS) is 1. The molecule has 0 unspecified atom stereocenters. The smallest absolute Gasteiger partial charge is 0.339 e. The van der Waals surface area contributed by atoms with Crippen molar-refractivity contribution >= 4 is 51.4 Å². The maximum atomic E-state index is 12.6. The van der Waals surface area contributed by atoms with Gasteiger partial charge in [-0.05, 0) is 42.1 Å². The van der Waals surface area contributed by atoms with Gasteiger partial charge in [-0.25, -0.2) is 14.7 Å². The maximum Gasteiger partial charge on any atom is 0.339 e. The molecule has 1 fully saturated rings. The van der Waals surface area contributed by atoms with Crippen molar-refractivity contribution in [1.29, 1.82) is 5.41 Å². The van der Waals surface area contributed by atoms with E-state index in [1.54, 1.807) is 23.7 Å². The summed E-state index contributed by atoms with van der Waals surface area (Å²) in [4.78, 5) is 29.4. The zero-order valence-electron chi connectivity index (χ0n) is 13.9. The molecule has 4 rings (SSSR count). The average Bonchev–Trinajstić information content (AvgIpc) is 3.38. The molecule has 0 atom stereocenters. The number of anilines is 1. The average molecular weight is 413 g/mol. The van der Waals surface area contributed by atoms with Crippen molar-refractivity contribution in [2.45, 2.75) is 0 Å². The Morgan fingerprint density at radius 2 is 2.11 bits per heavy atom. The second-order valence-electron chi connectivity index (χ2n) is 5.61. The summed E-state index contributed by atoms with van der Waals surface area (Å²) < 4.78 is 5.70. The van der Waals surface area contributed by atoms with Gasteiger partial charge >= 0.3 is 5.97 Å². The zero-order valence-corrected chi connectivity index (χ0v) is 15.6. The molecule has 3 heterocycles. The van der Waals surface area contributed by atoms with Crippen LogP contribution in [0.25, 0.3) is 17.4 Å². The van der Waals surface area contributed by atoms with Crippen LogP contribution in [-0.4, -0.2) is 32.2 Å². The van der Waals surface area contributed by atoms with Gasteiger partial charge in [0, 0.05) is 23.2 Å². The van der Waals surface area contributed by atoms with Gasteiger partial charge in [-0.1, -0.05) is 0 Å². The van der Waals surface area contributed by atoms with Crippen LogP contribution in [0.3, 0.4) is 0 Å². The first-order valence-corrected chi connectivity index (χ1v) is 9.52. The molecular formula is C18H11N3O5S2. The summed E-state index contributed by atoms with van der Waals surface area (Å²) in [6.07, 6.45) is 3.09. The van der Waals surface area contributed by atoms with Crippen LogP contribution < -0.4 is 4.90 Å². The molecule has 28 heavy (non-hydrogen) atoms. The lowest BCUT2D eigenvalue weighted by molar-refractivity contribution is -0.113. The number of furan rings is 1. The number of thiazole rings is 1. The van der Waals surface area contributed by atoms with Gasteiger partial charge < -0.3 is 14.6 Å². The minimum absolute atomic E-state index is 0.0580. The van der Waals surface area contributed by atoms with Gasteiger partial charge in [-0.15, -0.1) is 11.3 Å². The summed E-state index contributed by atoms with van der Waals surface area (Å²) in [6, 6.07) is 7.40. The highest BCUT2D eigenvalue weighted by Gasteiger charge is 2.35. The molecule has 1 aliphatic rings. The molecule has 0 saturated carbocycles. The first kappa shape index (κ1) is 18.0. The molecule has 1 aromatic carbocycles. The first-order valence-electron chi connectivity index (χ1n) is 7.82. The SMILES string of the molecule is N=C1SC(=Cc2ccc(-c3ccc(O)c(C(=O)O)c3)o2)C(=O)N1c1nccs1. The van der Waals surface area contributed by atoms with Crippen LogP contribution in [0, 0.1) is 5.41 Å². The lowest BCUT2D eigenvalue weighted by Gasteiger charge is -2.08. The second-order valence-corrected chi connectivity index (χ2v) is 7.51. The Bertz CT molecular complexity index is 1130. The van der Waals surface area contributed by atoms with Crippen molar-refractivity contribution in [2.75, 3.05) is 4.90 Å². The molecule has 10 heteroatoms. The van der Waals surface area contributed by atoms with Crippen LogP contribution in [0.15, 0.2) is 51.2 Å². The van der Waals surface area contributed by atoms with E-state index >= 15 is 0 Å². The number of aromatic carboxylic acids is 1. The monoisotopic (exact) mass is 413 g/mol. The number of hydrogen-bond acceptors (Lipinski definition) is 8. The predicted molar refractivity (Wildman–Crippen MR) is 106 cm³/mol. The summed E-state index contributed by atoms with van der Waals surface area (Å²) in [5.41, 5.74) is 0.241. The molecule has 1 saturated heterocycles. The maximum absolute atomic E-state index is 12.6. The topological polar surface area (TPSA) is 128 Å². The fourth-order valence-electron chi connectivity index (χ4n) is 2.56. The Balaban J connectivity index is 1.62. The van der Waals surface area contributed by atoms with Crippen LogP contribution in [0.2, 0.25) is 0 Å². The van der Waals surface area contributed by atoms with Crippen LogP contribution in [0.4, 0.5) is 5.13 Å². The van der Waals surface area contributed by atoms with Crippen molar-refractivity contribution in [1.82, 2.24) is 4.98 Å².